The second-order valence-corrected chi connectivity index (χ2v) is 5.88. The first-order chi connectivity index (χ1) is 10.7. The van der Waals surface area contributed by atoms with Crippen molar-refractivity contribution in [3.63, 3.8) is 0 Å². The van der Waals surface area contributed by atoms with Crippen LogP contribution in [0.25, 0.3) is 0 Å². The highest BCUT2D eigenvalue weighted by Crippen LogP contribution is 2.14. The van der Waals surface area contributed by atoms with Crippen molar-refractivity contribution < 1.29 is 23.8 Å². The van der Waals surface area contributed by atoms with Gasteiger partial charge in [0.05, 0.1) is 7.11 Å². The zero-order chi connectivity index (χ0) is 17.5. The summed E-state index contributed by atoms with van der Waals surface area (Å²) in [5.74, 6) is 0.0871. The number of methoxy groups -OCH3 is 1. The number of ether oxygens (including phenoxy) is 3. The third kappa shape index (κ3) is 7.01. The Kier molecular flexibility index (Phi) is 6.84. The molecule has 7 nitrogen and oxygen atoms in total. The number of benzene rings is 1. The minimum atomic E-state index is -0.837. The molecule has 0 fully saturated rings. The Labute approximate surface area is 136 Å². The van der Waals surface area contributed by atoms with E-state index in [1.165, 1.54) is 7.11 Å². The van der Waals surface area contributed by atoms with Crippen molar-refractivity contribution in [2.45, 2.75) is 38.8 Å². The SMILES string of the molecule is COC(=O)C(Cc1ccc(OCN)cc1)NC(=O)OC(C)(C)C. The van der Waals surface area contributed by atoms with E-state index in [0.717, 1.165) is 5.56 Å². The van der Waals surface area contributed by atoms with Crippen LogP contribution in [0, 0.1) is 0 Å². The molecule has 1 aromatic rings. The minimum absolute atomic E-state index is 0.0876. The van der Waals surface area contributed by atoms with Crippen molar-refractivity contribution in [2.75, 3.05) is 13.8 Å². The molecule has 0 saturated carbocycles. The molecule has 0 radical (unpaired) electrons. The highest BCUT2D eigenvalue weighted by atomic mass is 16.6. The van der Waals surface area contributed by atoms with Crippen LogP contribution in [0.1, 0.15) is 26.3 Å². The fourth-order valence-electron chi connectivity index (χ4n) is 1.84. The van der Waals surface area contributed by atoms with E-state index in [9.17, 15) is 9.59 Å². The number of alkyl carbamates (subject to hydrolysis) is 1. The molecule has 1 atom stereocenters. The zero-order valence-corrected chi connectivity index (χ0v) is 13.9. The van der Waals surface area contributed by atoms with Crippen LogP contribution in [0.15, 0.2) is 24.3 Å². The molecule has 3 N–H and O–H groups in total. The highest BCUT2D eigenvalue weighted by molar-refractivity contribution is 5.81. The summed E-state index contributed by atoms with van der Waals surface area (Å²) in [6.45, 7) is 5.33. The lowest BCUT2D eigenvalue weighted by atomic mass is 10.1. The maximum Gasteiger partial charge on any atom is 0.408 e. The summed E-state index contributed by atoms with van der Waals surface area (Å²) in [4.78, 5) is 23.7. The Hall–Kier alpha value is -2.28. The maximum atomic E-state index is 11.9. The van der Waals surface area contributed by atoms with E-state index in [4.69, 9.17) is 19.9 Å². The van der Waals surface area contributed by atoms with E-state index in [2.05, 4.69) is 5.32 Å². The van der Waals surface area contributed by atoms with Gasteiger partial charge in [0.15, 0.2) is 0 Å². The van der Waals surface area contributed by atoms with Gasteiger partial charge in [-0.3, -0.25) is 5.73 Å². The predicted octanol–water partition coefficient (Wildman–Crippen LogP) is 1.59. The molecule has 0 aromatic heterocycles. The Morgan fingerprint density at radius 2 is 1.83 bits per heavy atom. The van der Waals surface area contributed by atoms with E-state index < -0.39 is 23.7 Å². The van der Waals surface area contributed by atoms with Crippen LogP contribution in [0.4, 0.5) is 4.79 Å². The summed E-state index contributed by atoms with van der Waals surface area (Å²) in [6.07, 6.45) is -0.398. The molecule has 0 aliphatic carbocycles. The molecule has 1 unspecified atom stereocenters. The van der Waals surface area contributed by atoms with Crippen LogP contribution in [0.5, 0.6) is 5.75 Å². The molecule has 0 aliphatic rings. The zero-order valence-electron chi connectivity index (χ0n) is 13.9. The summed E-state index contributed by atoms with van der Waals surface area (Å²) >= 11 is 0. The number of rotatable bonds is 6. The van der Waals surface area contributed by atoms with E-state index >= 15 is 0 Å². The molecule has 1 aromatic carbocycles. The van der Waals surface area contributed by atoms with Gasteiger partial charge in [-0.1, -0.05) is 12.1 Å². The first-order valence-corrected chi connectivity index (χ1v) is 7.24. The Morgan fingerprint density at radius 3 is 2.30 bits per heavy atom. The lowest BCUT2D eigenvalue weighted by molar-refractivity contribution is -0.143. The van der Waals surface area contributed by atoms with Crippen molar-refractivity contribution >= 4 is 12.1 Å². The van der Waals surface area contributed by atoms with Crippen LogP contribution < -0.4 is 15.8 Å². The molecule has 1 amide bonds. The molecule has 0 aliphatic heterocycles. The quantitative estimate of drug-likeness (QED) is 0.609. The van der Waals surface area contributed by atoms with Gasteiger partial charge in [-0.25, -0.2) is 9.59 Å². The van der Waals surface area contributed by atoms with Crippen molar-refractivity contribution in [3.05, 3.63) is 29.8 Å². The Morgan fingerprint density at radius 1 is 1.22 bits per heavy atom. The first-order valence-electron chi connectivity index (χ1n) is 7.24. The molecular weight excluding hydrogens is 300 g/mol. The smallest absolute Gasteiger partial charge is 0.408 e. The number of nitrogens with two attached hydrogens (primary N) is 1. The van der Waals surface area contributed by atoms with Crippen LogP contribution in [-0.4, -0.2) is 37.5 Å². The summed E-state index contributed by atoms with van der Waals surface area (Å²) in [7, 11) is 1.27. The molecule has 0 saturated heterocycles. The van der Waals surface area contributed by atoms with Gasteiger partial charge < -0.3 is 19.5 Å². The minimum Gasteiger partial charge on any atom is -0.479 e. The number of carbonyl (C=O) groups excluding carboxylic acids is 2. The lowest BCUT2D eigenvalue weighted by Crippen LogP contribution is -2.45. The van der Waals surface area contributed by atoms with E-state index in [1.807, 2.05) is 0 Å². The van der Waals surface area contributed by atoms with E-state index in [-0.39, 0.29) is 13.2 Å². The molecule has 0 spiro atoms. The van der Waals surface area contributed by atoms with Crippen LogP contribution >= 0.6 is 0 Å². The number of hydrogen-bond acceptors (Lipinski definition) is 6. The topological polar surface area (TPSA) is 99.9 Å². The van der Waals surface area contributed by atoms with Gasteiger partial charge in [0.2, 0.25) is 0 Å². The predicted molar refractivity (Wildman–Crippen MR) is 85.0 cm³/mol. The summed E-state index contributed by atoms with van der Waals surface area (Å²) < 4.78 is 15.0. The lowest BCUT2D eigenvalue weighted by Gasteiger charge is -2.22. The van der Waals surface area contributed by atoms with Gasteiger partial charge in [-0.05, 0) is 38.5 Å². The summed E-state index contributed by atoms with van der Waals surface area (Å²) in [5.41, 5.74) is 5.48. The average molecular weight is 324 g/mol. The van der Waals surface area contributed by atoms with Gasteiger partial charge in [-0.15, -0.1) is 0 Å². The number of esters is 1. The monoisotopic (exact) mass is 324 g/mol. The van der Waals surface area contributed by atoms with Gasteiger partial charge in [0.25, 0.3) is 0 Å². The van der Waals surface area contributed by atoms with Gasteiger partial charge in [0.1, 0.15) is 24.1 Å². The van der Waals surface area contributed by atoms with Crippen LogP contribution in [0.3, 0.4) is 0 Å². The van der Waals surface area contributed by atoms with Crippen molar-refractivity contribution in [3.8, 4) is 5.75 Å². The fourth-order valence-corrected chi connectivity index (χ4v) is 1.84. The van der Waals surface area contributed by atoms with E-state index in [1.54, 1.807) is 45.0 Å². The third-order valence-corrected chi connectivity index (χ3v) is 2.79. The average Bonchev–Trinajstić information content (AvgIpc) is 2.46. The highest BCUT2D eigenvalue weighted by Gasteiger charge is 2.25. The fraction of sp³-hybridized carbons (Fsp3) is 0.500. The Bertz CT molecular complexity index is 522. The van der Waals surface area contributed by atoms with Crippen molar-refractivity contribution in [1.29, 1.82) is 0 Å². The third-order valence-electron chi connectivity index (χ3n) is 2.79. The second kappa shape index (κ2) is 8.38. The van der Waals surface area contributed by atoms with Gasteiger partial charge in [-0.2, -0.15) is 0 Å². The first kappa shape index (κ1) is 18.8. The number of nitrogens with one attached hydrogen (secondary N) is 1. The van der Waals surface area contributed by atoms with Gasteiger partial charge >= 0.3 is 12.1 Å². The van der Waals surface area contributed by atoms with Crippen LogP contribution in [0.2, 0.25) is 0 Å². The molecular formula is C16H24N2O5. The molecule has 7 heteroatoms. The van der Waals surface area contributed by atoms with Crippen molar-refractivity contribution in [1.82, 2.24) is 5.32 Å². The summed E-state index contributed by atoms with van der Waals surface area (Å²) in [6, 6.07) is 6.22. The summed E-state index contributed by atoms with van der Waals surface area (Å²) in [5, 5.41) is 2.53. The largest absolute Gasteiger partial charge is 0.479 e. The van der Waals surface area contributed by atoms with E-state index in [0.29, 0.717) is 5.75 Å². The van der Waals surface area contributed by atoms with Crippen LogP contribution in [-0.2, 0) is 20.7 Å². The molecule has 0 bridgehead atoms. The number of carbonyl (C=O) groups is 2. The Balaban J connectivity index is 2.74. The molecule has 0 heterocycles. The van der Waals surface area contributed by atoms with Gasteiger partial charge in [0, 0.05) is 6.42 Å². The molecule has 23 heavy (non-hydrogen) atoms. The molecule has 128 valence electrons. The second-order valence-electron chi connectivity index (χ2n) is 5.88. The maximum absolute atomic E-state index is 11.9. The normalized spacial score (nSPS) is 12.2. The number of hydrogen-bond donors (Lipinski definition) is 2. The number of amides is 1. The van der Waals surface area contributed by atoms with Crippen molar-refractivity contribution in [2.24, 2.45) is 5.73 Å². The molecule has 1 rings (SSSR count). The standard InChI is InChI=1S/C16H24N2O5/c1-16(2,3)23-15(20)18-13(14(19)21-4)9-11-5-7-12(8-6-11)22-10-17/h5-8,13H,9-10,17H2,1-4H3,(H,18,20).